The molecule has 0 atom stereocenters. The topological polar surface area (TPSA) is 89.5 Å². The standard InChI is InChI=1S/C12H20Br4O8P2/c13-3-11(4-14)7-21-25(17,22-8-11)19-1-2-20-26(18)23-9-12(5-15,6-16)10-24-26/h1-10H2. The van der Waals surface area contributed by atoms with Gasteiger partial charge in [0.25, 0.3) is 0 Å². The van der Waals surface area contributed by atoms with Gasteiger partial charge < -0.3 is 0 Å². The van der Waals surface area contributed by atoms with Crippen molar-refractivity contribution in [1.82, 2.24) is 0 Å². The molecule has 0 bridgehead atoms. The Labute approximate surface area is 186 Å². The summed E-state index contributed by atoms with van der Waals surface area (Å²) in [5.41, 5.74) is -0.584. The van der Waals surface area contributed by atoms with Gasteiger partial charge in [0.05, 0.1) is 39.6 Å². The van der Waals surface area contributed by atoms with Gasteiger partial charge in [0.2, 0.25) is 0 Å². The van der Waals surface area contributed by atoms with Crippen LogP contribution >= 0.6 is 79.4 Å². The fourth-order valence-corrected chi connectivity index (χ4v) is 7.77. The summed E-state index contributed by atoms with van der Waals surface area (Å²) in [4.78, 5) is 0. The molecule has 8 nitrogen and oxygen atoms in total. The van der Waals surface area contributed by atoms with Gasteiger partial charge in [-0.3, -0.25) is 27.1 Å². The lowest BCUT2D eigenvalue weighted by Gasteiger charge is -2.37. The first kappa shape index (κ1) is 24.4. The van der Waals surface area contributed by atoms with E-state index in [0.29, 0.717) is 21.3 Å². The Morgan fingerprint density at radius 2 is 0.923 bits per heavy atom. The summed E-state index contributed by atoms with van der Waals surface area (Å²) in [6, 6.07) is 0. The molecule has 0 aromatic heterocycles. The molecule has 154 valence electrons. The maximum Gasteiger partial charge on any atom is 0.474 e. The third-order valence-corrected chi connectivity index (χ3v) is 11.4. The molecule has 14 heteroatoms. The number of hydrogen-bond acceptors (Lipinski definition) is 8. The molecule has 0 aliphatic carbocycles. The lowest BCUT2D eigenvalue weighted by atomic mass is 9.96. The van der Waals surface area contributed by atoms with Gasteiger partial charge >= 0.3 is 15.6 Å². The van der Waals surface area contributed by atoms with Gasteiger partial charge in [-0.05, 0) is 0 Å². The molecular weight excluding hydrogens is 654 g/mol. The zero-order chi connectivity index (χ0) is 19.3. The number of phosphoric acid groups is 2. The molecule has 2 saturated heterocycles. The van der Waals surface area contributed by atoms with E-state index in [2.05, 4.69) is 63.7 Å². The summed E-state index contributed by atoms with van der Waals surface area (Å²) in [7, 11) is -7.30. The Kier molecular flexibility index (Phi) is 9.80. The maximum absolute atomic E-state index is 12.4. The minimum Gasteiger partial charge on any atom is -0.286 e. The van der Waals surface area contributed by atoms with Gasteiger partial charge in [-0.25, -0.2) is 9.13 Å². The molecule has 2 aliphatic rings. The highest BCUT2D eigenvalue weighted by atomic mass is 79.9. The average Bonchev–Trinajstić information content (AvgIpc) is 2.68. The molecule has 0 aromatic rings. The maximum atomic E-state index is 12.4. The summed E-state index contributed by atoms with van der Waals surface area (Å²) < 4.78 is 56.2. The van der Waals surface area contributed by atoms with E-state index in [-0.39, 0.29) is 50.5 Å². The van der Waals surface area contributed by atoms with Crippen LogP contribution in [0.3, 0.4) is 0 Å². The average molecular weight is 674 g/mol. The highest BCUT2D eigenvalue weighted by Crippen LogP contribution is 2.57. The molecule has 0 aromatic carbocycles. The SMILES string of the molecule is O=P1(OCCOP2(=O)OCC(CBr)(CBr)CO2)OCC(CBr)(CBr)CO1. The van der Waals surface area contributed by atoms with Crippen LogP contribution in [-0.4, -0.2) is 61.0 Å². The van der Waals surface area contributed by atoms with Crippen molar-refractivity contribution in [2.24, 2.45) is 10.8 Å². The minimum absolute atomic E-state index is 0.133. The van der Waals surface area contributed by atoms with Gasteiger partial charge in [0, 0.05) is 32.2 Å². The normalized spacial score (nSPS) is 26.5. The summed E-state index contributed by atoms with van der Waals surface area (Å²) in [6.45, 7) is 0.652. The number of rotatable bonds is 9. The molecule has 2 heterocycles. The van der Waals surface area contributed by atoms with Crippen LogP contribution in [0, 0.1) is 10.8 Å². The molecular formula is C12H20Br4O8P2. The highest BCUT2D eigenvalue weighted by Gasteiger charge is 2.44. The van der Waals surface area contributed by atoms with Gasteiger partial charge in [0.15, 0.2) is 0 Å². The smallest absolute Gasteiger partial charge is 0.286 e. The third kappa shape index (κ3) is 6.32. The van der Waals surface area contributed by atoms with Gasteiger partial charge in [-0.1, -0.05) is 63.7 Å². The van der Waals surface area contributed by atoms with E-state index < -0.39 is 15.6 Å². The third-order valence-electron chi connectivity index (χ3n) is 3.83. The van der Waals surface area contributed by atoms with Crippen molar-refractivity contribution in [3.05, 3.63) is 0 Å². The van der Waals surface area contributed by atoms with Crippen LogP contribution < -0.4 is 0 Å². The van der Waals surface area contributed by atoms with Gasteiger partial charge in [-0.2, -0.15) is 0 Å². The lowest BCUT2D eigenvalue weighted by Crippen LogP contribution is -2.39. The van der Waals surface area contributed by atoms with E-state index in [1.54, 1.807) is 0 Å². The van der Waals surface area contributed by atoms with Crippen LogP contribution in [0.5, 0.6) is 0 Å². The van der Waals surface area contributed by atoms with Gasteiger partial charge in [-0.15, -0.1) is 0 Å². The quantitative estimate of drug-likeness (QED) is 0.195. The molecule has 26 heavy (non-hydrogen) atoms. The van der Waals surface area contributed by atoms with Crippen molar-refractivity contribution >= 4 is 79.4 Å². The first-order chi connectivity index (χ1) is 12.3. The van der Waals surface area contributed by atoms with Crippen LogP contribution in [-0.2, 0) is 36.3 Å². The first-order valence-corrected chi connectivity index (χ1v) is 15.0. The van der Waals surface area contributed by atoms with Crippen molar-refractivity contribution in [3.8, 4) is 0 Å². The molecule has 0 saturated carbocycles. The number of halogens is 4. The van der Waals surface area contributed by atoms with Crippen LogP contribution in [0.25, 0.3) is 0 Å². The summed E-state index contributed by atoms with van der Waals surface area (Å²) in [5.74, 6) is 0. The second-order valence-corrected chi connectivity index (χ2v) is 11.8. The van der Waals surface area contributed by atoms with E-state index in [1.165, 1.54) is 0 Å². The predicted molar refractivity (Wildman–Crippen MR) is 111 cm³/mol. The molecule has 0 amide bonds. The summed E-state index contributed by atoms with van der Waals surface area (Å²) in [6.07, 6.45) is 0. The number of phosphoric ester groups is 2. The van der Waals surface area contributed by atoms with E-state index in [9.17, 15) is 9.13 Å². The van der Waals surface area contributed by atoms with Gasteiger partial charge in [0.1, 0.15) is 0 Å². The number of hydrogen-bond donors (Lipinski definition) is 0. The van der Waals surface area contributed by atoms with Crippen molar-refractivity contribution in [1.29, 1.82) is 0 Å². The van der Waals surface area contributed by atoms with E-state index in [0.717, 1.165) is 0 Å². The van der Waals surface area contributed by atoms with Crippen LogP contribution in [0.15, 0.2) is 0 Å². The van der Waals surface area contributed by atoms with Crippen molar-refractivity contribution in [2.75, 3.05) is 61.0 Å². The van der Waals surface area contributed by atoms with E-state index in [4.69, 9.17) is 27.1 Å². The monoisotopic (exact) mass is 670 g/mol. The Hall–Kier alpha value is 2.14. The van der Waals surface area contributed by atoms with Crippen LogP contribution in [0.1, 0.15) is 0 Å². The fourth-order valence-electron chi connectivity index (χ4n) is 1.85. The highest BCUT2D eigenvalue weighted by molar-refractivity contribution is 9.10. The Bertz CT molecular complexity index is 481. The fraction of sp³-hybridized carbons (Fsp3) is 1.00. The van der Waals surface area contributed by atoms with E-state index >= 15 is 0 Å². The largest absolute Gasteiger partial charge is 0.474 e. The van der Waals surface area contributed by atoms with Crippen molar-refractivity contribution < 1.29 is 36.3 Å². The zero-order valence-electron chi connectivity index (χ0n) is 13.7. The molecule has 2 rings (SSSR count). The molecule has 0 spiro atoms. The predicted octanol–water partition coefficient (Wildman–Crippen LogP) is 4.88. The minimum atomic E-state index is -3.65. The first-order valence-electron chi connectivity index (χ1n) is 7.59. The van der Waals surface area contributed by atoms with Crippen molar-refractivity contribution in [2.45, 2.75) is 0 Å². The molecule has 2 fully saturated rings. The summed E-state index contributed by atoms with van der Waals surface area (Å²) in [5, 5.41) is 2.54. The number of alkyl halides is 4. The van der Waals surface area contributed by atoms with Crippen molar-refractivity contribution in [3.63, 3.8) is 0 Å². The molecule has 0 N–H and O–H groups in total. The second kappa shape index (κ2) is 10.4. The molecule has 0 radical (unpaired) electrons. The molecule has 2 aliphatic heterocycles. The zero-order valence-corrected chi connectivity index (χ0v) is 21.9. The van der Waals surface area contributed by atoms with Crippen LogP contribution in [0.2, 0.25) is 0 Å². The summed E-state index contributed by atoms with van der Waals surface area (Å²) >= 11 is 13.6. The van der Waals surface area contributed by atoms with E-state index in [1.807, 2.05) is 0 Å². The molecule has 0 unspecified atom stereocenters. The lowest BCUT2D eigenvalue weighted by molar-refractivity contribution is -0.00978. The second-order valence-electron chi connectivity index (χ2n) is 6.19. The Morgan fingerprint density at radius 1 is 0.654 bits per heavy atom. The van der Waals surface area contributed by atoms with Crippen LogP contribution in [0.4, 0.5) is 0 Å². The Morgan fingerprint density at radius 3 is 1.15 bits per heavy atom. The Balaban J connectivity index is 1.72.